The van der Waals surface area contributed by atoms with Crippen molar-refractivity contribution in [3.05, 3.63) is 68.8 Å². The number of fused-ring (bicyclic) bond motifs is 1. The summed E-state index contributed by atoms with van der Waals surface area (Å²) in [6, 6.07) is 9.67. The Hall–Kier alpha value is -2.74. The Bertz CT molecular complexity index is 1010. The van der Waals surface area contributed by atoms with Crippen molar-refractivity contribution in [2.45, 2.75) is 45.3 Å². The highest BCUT2D eigenvalue weighted by Gasteiger charge is 2.22. The van der Waals surface area contributed by atoms with Gasteiger partial charge >= 0.3 is 5.69 Å². The molecule has 1 amide bonds. The first-order valence-corrected chi connectivity index (χ1v) is 10.2. The Kier molecular flexibility index (Phi) is 5.38. The Labute approximate surface area is 165 Å². The summed E-state index contributed by atoms with van der Waals surface area (Å²) in [5.74, 6) is 0.138. The highest BCUT2D eigenvalue weighted by atomic mass is 32.1. The van der Waals surface area contributed by atoms with E-state index in [-0.39, 0.29) is 24.0 Å². The predicted molar refractivity (Wildman–Crippen MR) is 106 cm³/mol. The summed E-state index contributed by atoms with van der Waals surface area (Å²) >= 11 is 1.54. The van der Waals surface area contributed by atoms with E-state index in [9.17, 15) is 14.0 Å². The van der Waals surface area contributed by atoms with Crippen LogP contribution in [-0.4, -0.2) is 20.3 Å². The van der Waals surface area contributed by atoms with E-state index in [2.05, 4.69) is 5.10 Å². The molecule has 6 nitrogen and oxygen atoms in total. The van der Waals surface area contributed by atoms with E-state index in [1.807, 2.05) is 17.5 Å². The minimum Gasteiger partial charge on any atom is -0.306 e. The van der Waals surface area contributed by atoms with E-state index in [1.54, 1.807) is 32.9 Å². The topological polar surface area (TPSA) is 60.1 Å². The summed E-state index contributed by atoms with van der Waals surface area (Å²) < 4.78 is 16.3. The second-order valence-electron chi connectivity index (χ2n) is 6.85. The lowest BCUT2D eigenvalue weighted by atomic mass is 10.2. The molecule has 1 aliphatic rings. The Morgan fingerprint density at radius 2 is 2.00 bits per heavy atom. The average molecular weight is 400 g/mol. The van der Waals surface area contributed by atoms with Crippen LogP contribution in [0.4, 0.5) is 10.1 Å². The lowest BCUT2D eigenvalue weighted by Gasteiger charge is -2.22. The van der Waals surface area contributed by atoms with Gasteiger partial charge in [-0.1, -0.05) is 12.5 Å². The molecule has 0 radical (unpaired) electrons. The number of aryl methyl sites for hydroxylation is 1. The molecule has 146 valence electrons. The summed E-state index contributed by atoms with van der Waals surface area (Å²) in [4.78, 5) is 28.3. The number of thiophene rings is 1. The molecule has 0 saturated carbocycles. The van der Waals surface area contributed by atoms with Gasteiger partial charge in [0.15, 0.2) is 0 Å². The van der Waals surface area contributed by atoms with Gasteiger partial charge in [0.05, 0.1) is 6.54 Å². The van der Waals surface area contributed by atoms with E-state index in [0.29, 0.717) is 18.8 Å². The molecule has 0 N–H and O–H groups in total. The first-order valence-electron chi connectivity index (χ1n) is 9.36. The molecular weight excluding hydrogens is 379 g/mol. The van der Waals surface area contributed by atoms with E-state index in [4.69, 9.17) is 0 Å². The molecule has 0 saturated heterocycles. The van der Waals surface area contributed by atoms with Gasteiger partial charge in [0.25, 0.3) is 0 Å². The van der Waals surface area contributed by atoms with Gasteiger partial charge in [-0.15, -0.1) is 11.3 Å². The zero-order chi connectivity index (χ0) is 19.5. The number of hydrogen-bond acceptors (Lipinski definition) is 4. The molecule has 3 aromatic rings. The monoisotopic (exact) mass is 400 g/mol. The maximum Gasteiger partial charge on any atom is 0.346 e. The fourth-order valence-corrected chi connectivity index (χ4v) is 4.14. The number of hydrogen-bond donors (Lipinski definition) is 0. The number of rotatable bonds is 5. The van der Waals surface area contributed by atoms with E-state index >= 15 is 0 Å². The highest BCUT2D eigenvalue weighted by Crippen LogP contribution is 2.21. The van der Waals surface area contributed by atoms with Crippen molar-refractivity contribution < 1.29 is 9.18 Å². The largest absolute Gasteiger partial charge is 0.346 e. The molecule has 0 atom stereocenters. The minimum absolute atomic E-state index is 0.137. The normalized spacial score (nSPS) is 13.8. The molecule has 0 bridgehead atoms. The zero-order valence-electron chi connectivity index (χ0n) is 15.4. The summed E-state index contributed by atoms with van der Waals surface area (Å²) in [6.45, 7) is 0.880. The number of carbonyl (C=O) groups is 1. The predicted octanol–water partition coefficient (Wildman–Crippen LogP) is 3.21. The van der Waals surface area contributed by atoms with Crippen LogP contribution in [-0.2, 0) is 30.8 Å². The van der Waals surface area contributed by atoms with Crippen molar-refractivity contribution in [1.29, 1.82) is 0 Å². The van der Waals surface area contributed by atoms with Gasteiger partial charge < -0.3 is 4.90 Å². The molecule has 3 heterocycles. The number of halogens is 1. The van der Waals surface area contributed by atoms with Crippen LogP contribution in [0.25, 0.3) is 0 Å². The van der Waals surface area contributed by atoms with Crippen LogP contribution < -0.4 is 10.6 Å². The number of anilines is 1. The maximum absolute atomic E-state index is 13.3. The minimum atomic E-state index is -0.360. The Balaban J connectivity index is 1.60. The molecule has 1 aliphatic heterocycles. The maximum atomic E-state index is 13.3. The summed E-state index contributed by atoms with van der Waals surface area (Å²) in [5.41, 5.74) is 0.356. The number of amides is 1. The number of carbonyl (C=O) groups excluding carboxylic acids is 1. The zero-order valence-corrected chi connectivity index (χ0v) is 16.2. The van der Waals surface area contributed by atoms with Gasteiger partial charge in [-0.05, 0) is 48.6 Å². The van der Waals surface area contributed by atoms with Gasteiger partial charge in [0.2, 0.25) is 5.91 Å². The molecular formula is C20H21FN4O2S. The summed E-state index contributed by atoms with van der Waals surface area (Å²) in [6.07, 6.45) is 3.80. The van der Waals surface area contributed by atoms with Crippen LogP contribution in [0.15, 0.2) is 46.6 Å². The number of nitrogens with zero attached hydrogens (tertiary/aromatic N) is 4. The van der Waals surface area contributed by atoms with Crippen molar-refractivity contribution in [2.75, 3.05) is 4.90 Å². The smallest absolute Gasteiger partial charge is 0.306 e. The third-order valence-corrected chi connectivity index (χ3v) is 5.76. The number of aromatic nitrogens is 3. The summed E-state index contributed by atoms with van der Waals surface area (Å²) in [5, 5.41) is 6.34. The van der Waals surface area contributed by atoms with Crippen molar-refractivity contribution in [2.24, 2.45) is 0 Å². The molecule has 0 aliphatic carbocycles. The van der Waals surface area contributed by atoms with Gasteiger partial charge in [-0.25, -0.2) is 13.9 Å². The van der Waals surface area contributed by atoms with Crippen LogP contribution in [0, 0.1) is 5.82 Å². The second kappa shape index (κ2) is 8.10. The average Bonchev–Trinajstić information content (AvgIpc) is 3.22. The van der Waals surface area contributed by atoms with Crippen molar-refractivity contribution >= 4 is 22.9 Å². The third-order valence-electron chi connectivity index (χ3n) is 4.90. The van der Waals surface area contributed by atoms with Crippen LogP contribution in [0.3, 0.4) is 0 Å². The molecule has 0 fully saturated rings. The van der Waals surface area contributed by atoms with E-state index in [1.165, 1.54) is 16.8 Å². The Morgan fingerprint density at radius 3 is 2.75 bits per heavy atom. The van der Waals surface area contributed by atoms with E-state index in [0.717, 1.165) is 36.4 Å². The molecule has 0 spiro atoms. The van der Waals surface area contributed by atoms with Gasteiger partial charge in [-0.2, -0.15) is 5.10 Å². The lowest BCUT2D eigenvalue weighted by molar-refractivity contribution is -0.119. The molecule has 1 aromatic carbocycles. The summed E-state index contributed by atoms with van der Waals surface area (Å²) in [7, 11) is 0. The third kappa shape index (κ3) is 3.91. The fraction of sp³-hybridized carbons (Fsp3) is 0.350. The molecule has 2 aromatic heterocycles. The molecule has 0 unspecified atom stereocenters. The van der Waals surface area contributed by atoms with Crippen molar-refractivity contribution in [3.8, 4) is 0 Å². The van der Waals surface area contributed by atoms with Gasteiger partial charge in [0.1, 0.15) is 18.2 Å². The van der Waals surface area contributed by atoms with Crippen LogP contribution in [0.2, 0.25) is 0 Å². The van der Waals surface area contributed by atoms with Crippen molar-refractivity contribution in [3.63, 3.8) is 0 Å². The first kappa shape index (κ1) is 18.6. The van der Waals surface area contributed by atoms with E-state index < -0.39 is 0 Å². The lowest BCUT2D eigenvalue weighted by Crippen LogP contribution is -2.37. The van der Waals surface area contributed by atoms with Crippen LogP contribution >= 0.6 is 11.3 Å². The highest BCUT2D eigenvalue weighted by molar-refractivity contribution is 7.09. The van der Waals surface area contributed by atoms with Crippen molar-refractivity contribution in [1.82, 2.24) is 14.3 Å². The molecule has 4 rings (SSSR count). The fourth-order valence-electron chi connectivity index (χ4n) is 3.44. The Morgan fingerprint density at radius 1 is 1.18 bits per heavy atom. The standard InChI is InChI=1S/C20H21FN4O2S/c21-15-7-9-16(10-8-15)24(13-17-5-4-12-28-17)19(26)14-25-20(27)23-11-3-1-2-6-18(23)22-25/h4-5,7-10,12H,1-3,6,11,13-14H2. The first-order chi connectivity index (χ1) is 13.6. The van der Waals surface area contributed by atoms with Crippen LogP contribution in [0.5, 0.6) is 0 Å². The molecule has 8 heteroatoms. The quantitative estimate of drug-likeness (QED) is 0.661. The SMILES string of the molecule is O=C(Cn1nc2n(c1=O)CCCCC2)N(Cc1cccs1)c1ccc(F)cc1. The van der Waals surface area contributed by atoms with Crippen LogP contribution in [0.1, 0.15) is 30.0 Å². The molecule has 28 heavy (non-hydrogen) atoms. The van der Waals surface area contributed by atoms with Gasteiger partial charge in [0, 0.05) is 23.5 Å². The number of benzene rings is 1. The second-order valence-corrected chi connectivity index (χ2v) is 7.89. The van der Waals surface area contributed by atoms with Gasteiger partial charge in [-0.3, -0.25) is 9.36 Å².